The molecule has 0 aliphatic carbocycles. The van der Waals surface area contributed by atoms with Gasteiger partial charge in [-0.2, -0.15) is 4.99 Å². The number of benzene rings is 1. The zero-order chi connectivity index (χ0) is 10.4. The molecule has 0 saturated heterocycles. The highest BCUT2D eigenvalue weighted by Gasteiger charge is 2.02. The molecule has 1 amide bonds. The van der Waals surface area contributed by atoms with Crippen molar-refractivity contribution in [3.8, 4) is 0 Å². The van der Waals surface area contributed by atoms with Crippen LogP contribution in [-0.2, 0) is 16.0 Å². The summed E-state index contributed by atoms with van der Waals surface area (Å²) < 4.78 is 4.57. The van der Waals surface area contributed by atoms with Crippen molar-refractivity contribution >= 4 is 11.9 Å². The number of amidine groups is 1. The number of ether oxygens (including phenoxy) is 1. The van der Waals surface area contributed by atoms with Gasteiger partial charge in [-0.25, -0.2) is 0 Å². The lowest BCUT2D eigenvalue weighted by atomic mass is 10.1. The number of amides is 1. The van der Waals surface area contributed by atoms with E-state index in [4.69, 9.17) is 5.73 Å². The van der Waals surface area contributed by atoms with Crippen LogP contribution in [0, 0.1) is 0 Å². The topological polar surface area (TPSA) is 64.7 Å². The molecule has 4 heteroatoms. The number of rotatable bonds is 2. The summed E-state index contributed by atoms with van der Waals surface area (Å²) >= 11 is 0. The quantitative estimate of drug-likeness (QED) is 0.554. The molecule has 0 saturated carbocycles. The molecule has 4 nitrogen and oxygen atoms in total. The van der Waals surface area contributed by atoms with Gasteiger partial charge in [-0.15, -0.1) is 0 Å². The van der Waals surface area contributed by atoms with Crippen molar-refractivity contribution in [2.45, 2.75) is 6.42 Å². The summed E-state index contributed by atoms with van der Waals surface area (Å²) in [6, 6.07) is 9.23. The van der Waals surface area contributed by atoms with Gasteiger partial charge in [-0.1, -0.05) is 30.3 Å². The van der Waals surface area contributed by atoms with Gasteiger partial charge in [-0.05, 0) is 5.56 Å². The average Bonchev–Trinajstić information content (AvgIpc) is 2.19. The number of carbonyl (C=O) groups excluding carboxylic acids is 1. The van der Waals surface area contributed by atoms with E-state index in [1.54, 1.807) is 0 Å². The Morgan fingerprint density at radius 2 is 2.07 bits per heavy atom. The monoisotopic (exact) mass is 192 g/mol. The first-order chi connectivity index (χ1) is 6.72. The van der Waals surface area contributed by atoms with Crippen LogP contribution in [0.1, 0.15) is 5.56 Å². The molecule has 0 bridgehead atoms. The Labute approximate surface area is 82.4 Å². The van der Waals surface area contributed by atoms with Crippen LogP contribution in [0.15, 0.2) is 35.3 Å². The minimum absolute atomic E-state index is 0.106. The highest BCUT2D eigenvalue weighted by molar-refractivity contribution is 5.90. The van der Waals surface area contributed by atoms with E-state index in [9.17, 15) is 4.79 Å². The fourth-order valence-electron chi connectivity index (χ4n) is 0.979. The molecular weight excluding hydrogens is 180 g/mol. The first kappa shape index (κ1) is 10.2. The van der Waals surface area contributed by atoms with Crippen LogP contribution in [0.4, 0.5) is 0 Å². The number of hydrogen-bond donors (Lipinski definition) is 1. The van der Waals surface area contributed by atoms with Crippen molar-refractivity contribution in [2.24, 2.45) is 10.7 Å². The summed E-state index contributed by atoms with van der Waals surface area (Å²) in [5.74, 6) is -0.310. The molecular formula is C10H12N2O2. The molecule has 1 aromatic rings. The van der Waals surface area contributed by atoms with Crippen LogP contribution >= 0.6 is 0 Å². The van der Waals surface area contributed by atoms with Gasteiger partial charge in [0.25, 0.3) is 11.9 Å². The van der Waals surface area contributed by atoms with Crippen LogP contribution in [0.25, 0.3) is 0 Å². The van der Waals surface area contributed by atoms with E-state index in [0.717, 1.165) is 5.56 Å². The first-order valence-corrected chi connectivity index (χ1v) is 4.17. The molecule has 0 heterocycles. The molecule has 0 fully saturated rings. The summed E-state index contributed by atoms with van der Waals surface area (Å²) in [6.45, 7) is 0. The number of hydrogen-bond acceptors (Lipinski definition) is 2. The highest BCUT2D eigenvalue weighted by Crippen LogP contribution is 2.00. The molecule has 0 unspecified atom stereocenters. The van der Waals surface area contributed by atoms with E-state index < -0.39 is 0 Å². The molecule has 1 rings (SSSR count). The van der Waals surface area contributed by atoms with Crippen LogP contribution in [0.5, 0.6) is 0 Å². The Morgan fingerprint density at radius 1 is 1.43 bits per heavy atom. The van der Waals surface area contributed by atoms with Crippen LogP contribution in [0.3, 0.4) is 0 Å². The fourth-order valence-corrected chi connectivity index (χ4v) is 0.979. The zero-order valence-electron chi connectivity index (χ0n) is 7.93. The summed E-state index contributed by atoms with van der Waals surface area (Å²) in [5, 5.41) is 0. The van der Waals surface area contributed by atoms with Crippen molar-refractivity contribution in [3.63, 3.8) is 0 Å². The van der Waals surface area contributed by atoms with E-state index in [-0.39, 0.29) is 18.3 Å². The van der Waals surface area contributed by atoms with Gasteiger partial charge in [-0.3, -0.25) is 4.79 Å². The highest BCUT2D eigenvalue weighted by atomic mass is 16.5. The largest absolute Gasteiger partial charge is 0.468 e. The van der Waals surface area contributed by atoms with Crippen molar-refractivity contribution in [2.75, 3.05) is 7.11 Å². The number of methoxy groups -OCH3 is 1. The Bertz CT molecular complexity index is 333. The van der Waals surface area contributed by atoms with Gasteiger partial charge in [0.15, 0.2) is 0 Å². The van der Waals surface area contributed by atoms with Crippen molar-refractivity contribution in [1.82, 2.24) is 0 Å². The van der Waals surface area contributed by atoms with E-state index in [0.29, 0.717) is 0 Å². The van der Waals surface area contributed by atoms with Crippen LogP contribution in [-0.4, -0.2) is 19.0 Å². The third-order valence-electron chi connectivity index (χ3n) is 1.64. The Balaban J connectivity index is 2.58. The summed E-state index contributed by atoms with van der Waals surface area (Å²) in [5.41, 5.74) is 6.14. The summed E-state index contributed by atoms with van der Waals surface area (Å²) in [7, 11) is 1.37. The van der Waals surface area contributed by atoms with Gasteiger partial charge >= 0.3 is 0 Å². The average molecular weight is 192 g/mol. The minimum Gasteiger partial charge on any atom is -0.468 e. The molecule has 0 spiro atoms. The maximum absolute atomic E-state index is 11.2. The molecule has 0 aliphatic rings. The number of nitrogens with zero attached hydrogens (tertiary/aromatic N) is 1. The molecule has 0 radical (unpaired) electrons. The van der Waals surface area contributed by atoms with Gasteiger partial charge < -0.3 is 10.5 Å². The van der Waals surface area contributed by atoms with Gasteiger partial charge in [0, 0.05) is 0 Å². The third kappa shape index (κ3) is 3.26. The van der Waals surface area contributed by atoms with E-state index in [1.165, 1.54) is 7.11 Å². The fraction of sp³-hybridized carbons (Fsp3) is 0.200. The maximum Gasteiger partial charge on any atom is 0.289 e. The maximum atomic E-state index is 11.2. The van der Waals surface area contributed by atoms with E-state index in [2.05, 4.69) is 9.73 Å². The normalized spacial score (nSPS) is 11.1. The SMILES string of the molecule is COC(N)=NC(=O)Cc1ccccc1. The number of nitrogens with two attached hydrogens (primary N) is 1. The smallest absolute Gasteiger partial charge is 0.289 e. The summed E-state index contributed by atoms with van der Waals surface area (Å²) in [6.07, 6.45) is 0.241. The van der Waals surface area contributed by atoms with Crippen LogP contribution in [0.2, 0.25) is 0 Å². The molecule has 0 aromatic heterocycles. The lowest BCUT2D eigenvalue weighted by Crippen LogP contribution is -2.16. The van der Waals surface area contributed by atoms with E-state index >= 15 is 0 Å². The van der Waals surface area contributed by atoms with Crippen molar-refractivity contribution < 1.29 is 9.53 Å². The van der Waals surface area contributed by atoms with Crippen molar-refractivity contribution in [1.29, 1.82) is 0 Å². The lowest BCUT2D eigenvalue weighted by molar-refractivity contribution is -0.117. The summed E-state index contributed by atoms with van der Waals surface area (Å²) in [4.78, 5) is 14.8. The lowest BCUT2D eigenvalue weighted by Gasteiger charge is -1.98. The predicted molar refractivity (Wildman–Crippen MR) is 53.8 cm³/mol. The van der Waals surface area contributed by atoms with Crippen LogP contribution < -0.4 is 5.73 Å². The predicted octanol–water partition coefficient (Wildman–Crippen LogP) is 0.717. The number of aliphatic imine (C=N–C) groups is 1. The Kier molecular flexibility index (Phi) is 3.67. The molecule has 14 heavy (non-hydrogen) atoms. The molecule has 0 aliphatic heterocycles. The van der Waals surface area contributed by atoms with Gasteiger partial charge in [0.1, 0.15) is 0 Å². The Morgan fingerprint density at radius 3 is 2.64 bits per heavy atom. The first-order valence-electron chi connectivity index (χ1n) is 4.17. The Hall–Kier alpha value is -1.84. The second-order valence-corrected chi connectivity index (χ2v) is 2.71. The van der Waals surface area contributed by atoms with Crippen molar-refractivity contribution in [3.05, 3.63) is 35.9 Å². The van der Waals surface area contributed by atoms with E-state index in [1.807, 2.05) is 30.3 Å². The van der Waals surface area contributed by atoms with Gasteiger partial charge in [0.2, 0.25) is 0 Å². The molecule has 2 N–H and O–H groups in total. The zero-order valence-corrected chi connectivity index (χ0v) is 7.93. The minimum atomic E-state index is -0.310. The second kappa shape index (κ2) is 5.01. The standard InChI is InChI=1S/C10H12N2O2/c1-14-10(11)12-9(13)7-8-5-3-2-4-6-8/h2-6H,7H2,1H3,(H2,11,12,13). The molecule has 0 atom stereocenters. The molecule has 1 aromatic carbocycles. The van der Waals surface area contributed by atoms with Gasteiger partial charge in [0.05, 0.1) is 13.5 Å². The second-order valence-electron chi connectivity index (χ2n) is 2.71. The molecule has 74 valence electrons. The number of carbonyl (C=O) groups is 1. The third-order valence-corrected chi connectivity index (χ3v) is 1.64.